The molecule has 0 aliphatic rings. The van der Waals surface area contributed by atoms with Crippen LogP contribution in [0.25, 0.3) is 0 Å². The molecule has 0 unspecified atom stereocenters. The first kappa shape index (κ1) is 38.6. The number of thiol groups is 2. The molecule has 280 valence electrons. The molecule has 0 amide bonds. The molecule has 8 rings (SSSR count). The fraction of sp³-hybridized carbons (Fsp3) is 0. The summed E-state index contributed by atoms with van der Waals surface area (Å²) in [6.07, 6.45) is 0. The lowest BCUT2D eigenvalue weighted by Crippen LogP contribution is -1.90. The normalized spacial score (nSPS) is 10.8. The zero-order valence-electron chi connectivity index (χ0n) is 30.6. The van der Waals surface area contributed by atoms with Gasteiger partial charge in [-0.25, -0.2) is 0 Å². The van der Waals surface area contributed by atoms with Crippen molar-refractivity contribution in [3.63, 3.8) is 0 Å². The number of nitrogens with one attached hydrogen (secondary N) is 4. The maximum absolute atomic E-state index is 4.36. The number of benzene rings is 8. The Morgan fingerprint density at radius 2 is 0.351 bits per heavy atom. The molecule has 0 heterocycles. The van der Waals surface area contributed by atoms with Crippen molar-refractivity contribution in [2.24, 2.45) is 0 Å². The van der Waals surface area contributed by atoms with Crippen LogP contribution in [0.2, 0.25) is 0 Å². The quantitative estimate of drug-likeness (QED) is 0.0611. The Labute approximate surface area is 358 Å². The van der Waals surface area contributed by atoms with Gasteiger partial charge in [-0.1, -0.05) is 35.3 Å². The minimum Gasteiger partial charge on any atom is -0.356 e. The molecule has 4 N–H and O–H groups in total. The predicted molar refractivity (Wildman–Crippen MR) is 252 cm³/mol. The summed E-state index contributed by atoms with van der Waals surface area (Å²) in [5.74, 6) is 0. The van der Waals surface area contributed by atoms with Gasteiger partial charge in [0, 0.05) is 84.7 Å². The maximum atomic E-state index is 4.36. The van der Waals surface area contributed by atoms with Crippen LogP contribution in [0.4, 0.5) is 45.5 Å². The number of rotatable bonds is 14. The van der Waals surface area contributed by atoms with Gasteiger partial charge in [-0.15, -0.1) is 25.3 Å². The van der Waals surface area contributed by atoms with E-state index in [0.717, 1.165) is 55.3 Å². The first-order valence-electron chi connectivity index (χ1n) is 18.2. The molecule has 0 bridgehead atoms. The van der Waals surface area contributed by atoms with Gasteiger partial charge in [-0.3, -0.25) is 0 Å². The molecule has 0 spiro atoms. The standard InChI is InChI=1S/C48H38N4S5/c53-41-17-1-33(2-18-41)49-35-5-21-43(22-6-35)55-45-25-9-37(10-26-45)51-39-13-29-47(30-14-39)57-48-31-15-40(16-32-48)52-38-11-27-46(28-12-38)56-44-23-7-36(8-24-44)50-34-3-19-42(54)20-4-34/h1-32,49-54H. The Hall–Kier alpha value is -5.29. The van der Waals surface area contributed by atoms with Crippen molar-refractivity contribution in [2.45, 2.75) is 39.2 Å². The summed E-state index contributed by atoms with van der Waals surface area (Å²) in [7, 11) is 0. The van der Waals surface area contributed by atoms with Crippen LogP contribution in [0.15, 0.2) is 233 Å². The Bertz CT molecular complexity index is 2310. The summed E-state index contributed by atoms with van der Waals surface area (Å²) < 4.78 is 0. The van der Waals surface area contributed by atoms with Gasteiger partial charge in [-0.05, 0) is 194 Å². The van der Waals surface area contributed by atoms with Crippen LogP contribution in [0, 0.1) is 0 Å². The van der Waals surface area contributed by atoms with Gasteiger partial charge in [0.25, 0.3) is 0 Å². The largest absolute Gasteiger partial charge is 0.356 e. The third-order valence-corrected chi connectivity index (χ3v) is 12.4. The van der Waals surface area contributed by atoms with Crippen LogP contribution in [-0.4, -0.2) is 0 Å². The van der Waals surface area contributed by atoms with Crippen LogP contribution < -0.4 is 21.3 Å². The van der Waals surface area contributed by atoms with E-state index in [1.807, 2.05) is 48.5 Å². The zero-order valence-corrected chi connectivity index (χ0v) is 34.8. The zero-order chi connectivity index (χ0) is 38.8. The summed E-state index contributed by atoms with van der Waals surface area (Å²) in [4.78, 5) is 9.04. The minimum absolute atomic E-state index is 0.951. The molecule has 0 saturated carbocycles. The Morgan fingerprint density at radius 3 is 0.509 bits per heavy atom. The highest BCUT2D eigenvalue weighted by Crippen LogP contribution is 2.34. The highest BCUT2D eigenvalue weighted by Gasteiger charge is 2.05. The Balaban J connectivity index is 0.775. The van der Waals surface area contributed by atoms with Gasteiger partial charge in [0.05, 0.1) is 0 Å². The van der Waals surface area contributed by atoms with Crippen LogP contribution in [0.5, 0.6) is 0 Å². The van der Waals surface area contributed by atoms with Gasteiger partial charge < -0.3 is 21.3 Å². The van der Waals surface area contributed by atoms with E-state index in [9.17, 15) is 0 Å². The van der Waals surface area contributed by atoms with E-state index in [0.29, 0.717) is 0 Å². The second kappa shape index (κ2) is 18.8. The van der Waals surface area contributed by atoms with Gasteiger partial charge in [-0.2, -0.15) is 0 Å². The van der Waals surface area contributed by atoms with Gasteiger partial charge in [0.1, 0.15) is 0 Å². The van der Waals surface area contributed by atoms with E-state index in [4.69, 9.17) is 0 Å². The third kappa shape index (κ3) is 11.4. The lowest BCUT2D eigenvalue weighted by molar-refractivity contribution is 1.38. The average molecular weight is 831 g/mol. The van der Waals surface area contributed by atoms with Crippen molar-refractivity contribution in [3.8, 4) is 0 Å². The highest BCUT2D eigenvalue weighted by molar-refractivity contribution is 7.99. The van der Waals surface area contributed by atoms with Crippen molar-refractivity contribution in [3.05, 3.63) is 194 Å². The molecular formula is C48H38N4S5. The van der Waals surface area contributed by atoms with Crippen molar-refractivity contribution in [1.29, 1.82) is 0 Å². The summed E-state index contributed by atoms with van der Waals surface area (Å²) in [6, 6.07) is 67.3. The second-order valence-corrected chi connectivity index (χ2v) is 17.5. The van der Waals surface area contributed by atoms with Crippen LogP contribution in [0.1, 0.15) is 0 Å². The molecule has 0 radical (unpaired) electrons. The topological polar surface area (TPSA) is 48.1 Å². The number of hydrogen-bond acceptors (Lipinski definition) is 9. The average Bonchev–Trinajstić information content (AvgIpc) is 3.24. The number of hydrogen-bond donors (Lipinski definition) is 6. The third-order valence-electron chi connectivity index (χ3n) is 8.72. The Morgan fingerprint density at radius 1 is 0.211 bits per heavy atom. The Kier molecular flexibility index (Phi) is 12.7. The monoisotopic (exact) mass is 830 g/mol. The molecule has 8 aromatic carbocycles. The highest BCUT2D eigenvalue weighted by atomic mass is 32.2. The molecule has 0 fully saturated rings. The minimum atomic E-state index is 0.951. The molecule has 0 saturated heterocycles. The molecule has 9 heteroatoms. The summed E-state index contributed by atoms with van der Waals surface area (Å²) >= 11 is 14.0. The summed E-state index contributed by atoms with van der Waals surface area (Å²) in [5.41, 5.74) is 8.41. The first-order chi connectivity index (χ1) is 27.9. The molecule has 57 heavy (non-hydrogen) atoms. The van der Waals surface area contributed by atoms with Crippen molar-refractivity contribution in [2.75, 3.05) is 21.3 Å². The maximum Gasteiger partial charge on any atom is 0.0385 e. The molecular weight excluding hydrogens is 793 g/mol. The fourth-order valence-electron chi connectivity index (χ4n) is 5.80. The van der Waals surface area contributed by atoms with Crippen LogP contribution >= 0.6 is 60.5 Å². The smallest absolute Gasteiger partial charge is 0.0385 e. The molecule has 4 nitrogen and oxygen atoms in total. The summed E-state index contributed by atoms with van der Waals surface area (Å²) in [6.45, 7) is 0. The number of anilines is 8. The van der Waals surface area contributed by atoms with E-state index >= 15 is 0 Å². The van der Waals surface area contributed by atoms with Gasteiger partial charge in [0.2, 0.25) is 0 Å². The van der Waals surface area contributed by atoms with E-state index in [1.54, 1.807) is 35.3 Å². The van der Waals surface area contributed by atoms with Gasteiger partial charge >= 0.3 is 0 Å². The van der Waals surface area contributed by atoms with Crippen LogP contribution in [0.3, 0.4) is 0 Å². The van der Waals surface area contributed by atoms with E-state index in [-0.39, 0.29) is 0 Å². The summed E-state index contributed by atoms with van der Waals surface area (Å²) in [5, 5.41) is 13.9. The second-order valence-electron chi connectivity index (χ2n) is 13.0. The fourth-order valence-corrected chi connectivity index (χ4v) is 8.55. The predicted octanol–water partition coefficient (Wildman–Crippen LogP) is 15.7. The van der Waals surface area contributed by atoms with E-state index < -0.39 is 0 Å². The van der Waals surface area contributed by atoms with Gasteiger partial charge in [0.15, 0.2) is 0 Å². The lowest BCUT2D eigenvalue weighted by Gasteiger charge is -2.10. The van der Waals surface area contributed by atoms with Crippen molar-refractivity contribution < 1.29 is 0 Å². The SMILES string of the molecule is Sc1ccc(Nc2ccc(Sc3ccc(Nc4ccc(Sc5ccc(Nc6ccc(Sc7ccc(Nc8ccc(S)cc8)cc7)cc6)cc5)cc4)cc3)cc2)cc1. The lowest BCUT2D eigenvalue weighted by atomic mass is 10.2. The van der Waals surface area contributed by atoms with Crippen LogP contribution in [-0.2, 0) is 0 Å². The van der Waals surface area contributed by atoms with Crippen molar-refractivity contribution in [1.82, 2.24) is 0 Å². The van der Waals surface area contributed by atoms with E-state index in [2.05, 4.69) is 192 Å². The molecule has 0 aromatic heterocycles. The first-order valence-corrected chi connectivity index (χ1v) is 21.6. The van der Waals surface area contributed by atoms with E-state index in [1.165, 1.54) is 29.4 Å². The molecule has 0 aliphatic heterocycles. The molecule has 8 aromatic rings. The molecule has 0 atom stereocenters. The molecule has 0 aliphatic carbocycles. The van der Waals surface area contributed by atoms with Crippen molar-refractivity contribution >= 4 is 106 Å².